The van der Waals surface area contributed by atoms with Crippen molar-refractivity contribution in [1.82, 2.24) is 4.90 Å². The summed E-state index contributed by atoms with van der Waals surface area (Å²) in [6, 6.07) is 22.1. The Balaban J connectivity index is 1.49. The minimum Gasteiger partial charge on any atom is -0.490 e. The first kappa shape index (κ1) is 33.5. The summed E-state index contributed by atoms with van der Waals surface area (Å²) < 4.78 is 13.4. The molecule has 0 spiro atoms. The lowest BCUT2D eigenvalue weighted by Crippen LogP contribution is -2.45. The van der Waals surface area contributed by atoms with E-state index in [2.05, 4.69) is 72.8 Å². The van der Waals surface area contributed by atoms with E-state index in [4.69, 9.17) is 21.1 Å². The average molecular weight is 717 g/mol. The van der Waals surface area contributed by atoms with Crippen molar-refractivity contribution in [3.63, 3.8) is 0 Å². The Kier molecular flexibility index (Phi) is 9.48. The zero-order chi connectivity index (χ0) is 33.5. The summed E-state index contributed by atoms with van der Waals surface area (Å²) in [6.45, 7) is 12.0. The predicted octanol–water partition coefficient (Wildman–Crippen LogP) is 10.0. The molecule has 0 saturated carbocycles. The molecule has 7 heteroatoms. The van der Waals surface area contributed by atoms with Crippen LogP contribution in [0, 0.1) is 10.8 Å². The van der Waals surface area contributed by atoms with E-state index in [1.165, 1.54) is 5.56 Å². The van der Waals surface area contributed by atoms with E-state index in [0.29, 0.717) is 49.1 Å². The molecule has 2 aliphatic carbocycles. The van der Waals surface area contributed by atoms with Crippen molar-refractivity contribution >= 4 is 39.1 Å². The third kappa shape index (κ3) is 6.96. The second-order valence-electron chi connectivity index (χ2n) is 14.6. The molecule has 1 aliphatic heterocycles. The van der Waals surface area contributed by atoms with Gasteiger partial charge < -0.3 is 14.4 Å². The Hall–Kier alpha value is -3.35. The van der Waals surface area contributed by atoms with Crippen molar-refractivity contribution < 1.29 is 19.1 Å². The normalized spacial score (nSPS) is 19.1. The van der Waals surface area contributed by atoms with Crippen LogP contribution in [0.2, 0.25) is 5.02 Å². The van der Waals surface area contributed by atoms with Gasteiger partial charge in [-0.05, 0) is 66.3 Å². The van der Waals surface area contributed by atoms with Crippen molar-refractivity contribution in [3.05, 3.63) is 115 Å². The van der Waals surface area contributed by atoms with E-state index in [9.17, 15) is 9.59 Å². The molecule has 0 fully saturated rings. The molecule has 0 unspecified atom stereocenters. The van der Waals surface area contributed by atoms with Crippen LogP contribution in [0.4, 0.5) is 0 Å². The number of hydrogen-bond acceptors (Lipinski definition) is 5. The Morgan fingerprint density at radius 2 is 1.43 bits per heavy atom. The minimum atomic E-state index is -0.519. The third-order valence-electron chi connectivity index (χ3n) is 9.48. The van der Waals surface area contributed by atoms with E-state index in [-0.39, 0.29) is 22.4 Å². The predicted molar refractivity (Wildman–Crippen MR) is 191 cm³/mol. The zero-order valence-corrected chi connectivity index (χ0v) is 30.3. The van der Waals surface area contributed by atoms with Crippen LogP contribution in [0.5, 0.6) is 11.5 Å². The highest BCUT2D eigenvalue weighted by atomic mass is 79.9. The summed E-state index contributed by atoms with van der Waals surface area (Å²) in [7, 11) is 0. The van der Waals surface area contributed by atoms with Gasteiger partial charge in [-0.3, -0.25) is 9.59 Å². The fourth-order valence-electron chi connectivity index (χ4n) is 7.46. The number of hydrogen-bond donors (Lipinski definition) is 0. The smallest absolute Gasteiger partial charge is 0.180 e. The fraction of sp³-hybridized carbons (Fsp3) is 0.400. The average Bonchev–Trinajstić information content (AvgIpc) is 2.99. The number of ketones is 2. The number of ether oxygens (including phenoxy) is 2. The van der Waals surface area contributed by atoms with E-state index in [1.807, 2.05) is 49.4 Å². The second-order valence-corrected chi connectivity index (χ2v) is 15.8. The lowest BCUT2D eigenvalue weighted by Gasteiger charge is -2.49. The molecule has 1 heterocycles. The molecule has 3 aromatic carbocycles. The van der Waals surface area contributed by atoms with Gasteiger partial charge in [0.1, 0.15) is 6.61 Å². The highest BCUT2D eigenvalue weighted by Crippen LogP contribution is 2.55. The van der Waals surface area contributed by atoms with Gasteiger partial charge in [-0.1, -0.05) is 104 Å². The lowest BCUT2D eigenvalue weighted by molar-refractivity contribution is -0.119. The maximum Gasteiger partial charge on any atom is 0.180 e. The number of carbonyl (C=O) groups is 2. The maximum absolute atomic E-state index is 14.3. The standard InChI is InChI=1S/C40H43BrClNO4/c1-6-46-34-19-27(18-29(42)38(34)47-24-26-14-10-11-15-28(26)41)35-36-30(20-39(2,3)22-32(36)44)43(17-16-25-12-8-7-9-13-25)31-21-40(4,5)23-33(45)37(31)35/h7-15,18-19,35H,6,16-17,20-24H2,1-5H3. The fourth-order valence-corrected chi connectivity index (χ4v) is 8.13. The van der Waals surface area contributed by atoms with Gasteiger partial charge in [0.15, 0.2) is 23.1 Å². The van der Waals surface area contributed by atoms with Crippen molar-refractivity contribution in [2.75, 3.05) is 13.2 Å². The second kappa shape index (κ2) is 13.3. The Bertz CT molecular complexity index is 1720. The highest BCUT2D eigenvalue weighted by molar-refractivity contribution is 9.10. The summed E-state index contributed by atoms with van der Waals surface area (Å²) in [4.78, 5) is 30.9. The number of allylic oxidation sites excluding steroid dienone is 4. The van der Waals surface area contributed by atoms with Crippen LogP contribution in [-0.4, -0.2) is 29.6 Å². The number of nitrogens with zero attached hydrogens (tertiary/aromatic N) is 1. The van der Waals surface area contributed by atoms with Crippen molar-refractivity contribution in [2.45, 2.75) is 79.2 Å². The first-order chi connectivity index (χ1) is 22.4. The van der Waals surface area contributed by atoms with Crippen molar-refractivity contribution in [3.8, 4) is 11.5 Å². The molecule has 0 N–H and O–H groups in total. The first-order valence-electron chi connectivity index (χ1n) is 16.5. The minimum absolute atomic E-state index is 0.0958. The van der Waals surface area contributed by atoms with Crippen molar-refractivity contribution in [1.29, 1.82) is 0 Å². The van der Waals surface area contributed by atoms with Crippen LogP contribution in [0.15, 0.2) is 93.7 Å². The van der Waals surface area contributed by atoms with E-state index in [1.54, 1.807) is 0 Å². The molecule has 0 saturated heterocycles. The number of halogens is 2. The van der Waals surface area contributed by atoms with Crippen LogP contribution in [0.3, 0.4) is 0 Å². The van der Waals surface area contributed by atoms with E-state index >= 15 is 0 Å². The molecule has 5 nitrogen and oxygen atoms in total. The number of benzene rings is 3. The van der Waals surface area contributed by atoms with Gasteiger partial charge in [0, 0.05) is 57.9 Å². The van der Waals surface area contributed by atoms with Crippen LogP contribution in [-0.2, 0) is 22.6 Å². The number of Topliss-reactive ketones (excluding diaryl/α,β-unsaturated/α-hetero) is 2. The molecule has 3 aromatic rings. The molecule has 3 aliphatic rings. The molecular formula is C40H43BrClNO4. The highest BCUT2D eigenvalue weighted by Gasteiger charge is 2.49. The Morgan fingerprint density at radius 3 is 2.02 bits per heavy atom. The Labute approximate surface area is 292 Å². The molecule has 0 radical (unpaired) electrons. The largest absolute Gasteiger partial charge is 0.490 e. The molecular weight excluding hydrogens is 674 g/mol. The van der Waals surface area contributed by atoms with Gasteiger partial charge >= 0.3 is 0 Å². The molecule has 6 rings (SSSR count). The molecule has 0 aromatic heterocycles. The van der Waals surface area contributed by atoms with Gasteiger partial charge in [-0.25, -0.2) is 0 Å². The quantitative estimate of drug-likeness (QED) is 0.221. The van der Waals surface area contributed by atoms with Crippen LogP contribution in [0.1, 0.15) is 82.9 Å². The molecule has 0 amide bonds. The van der Waals surface area contributed by atoms with Crippen molar-refractivity contribution in [2.24, 2.45) is 10.8 Å². The first-order valence-corrected chi connectivity index (χ1v) is 17.7. The van der Waals surface area contributed by atoms with Gasteiger partial charge in [0.2, 0.25) is 0 Å². The third-order valence-corrected chi connectivity index (χ3v) is 10.5. The van der Waals surface area contributed by atoms with Gasteiger partial charge in [-0.2, -0.15) is 0 Å². The topological polar surface area (TPSA) is 55.8 Å². The molecule has 246 valence electrons. The SMILES string of the molecule is CCOc1cc(C2C3=C(CC(C)(C)CC3=O)N(CCc3ccccc3)C3=C2C(=O)CC(C)(C)C3)cc(Cl)c1OCc1ccccc1Br. The van der Waals surface area contributed by atoms with E-state index in [0.717, 1.165) is 57.4 Å². The van der Waals surface area contributed by atoms with Crippen LogP contribution < -0.4 is 9.47 Å². The molecule has 0 bridgehead atoms. The Morgan fingerprint density at radius 1 is 0.830 bits per heavy atom. The molecule has 0 atom stereocenters. The number of carbonyl (C=O) groups excluding carboxylic acids is 2. The molecule has 47 heavy (non-hydrogen) atoms. The summed E-state index contributed by atoms with van der Waals surface area (Å²) >= 11 is 10.6. The van der Waals surface area contributed by atoms with Gasteiger partial charge in [0.25, 0.3) is 0 Å². The van der Waals surface area contributed by atoms with Gasteiger partial charge in [0.05, 0.1) is 11.6 Å². The summed E-state index contributed by atoms with van der Waals surface area (Å²) in [5, 5.41) is 0.390. The van der Waals surface area contributed by atoms with Crippen LogP contribution >= 0.6 is 27.5 Å². The zero-order valence-electron chi connectivity index (χ0n) is 27.9. The summed E-state index contributed by atoms with van der Waals surface area (Å²) in [5.74, 6) is 0.625. The lowest BCUT2D eigenvalue weighted by atomic mass is 9.63. The van der Waals surface area contributed by atoms with Gasteiger partial charge in [-0.15, -0.1) is 0 Å². The maximum atomic E-state index is 14.3. The van der Waals surface area contributed by atoms with E-state index < -0.39 is 5.92 Å². The van der Waals surface area contributed by atoms with Crippen LogP contribution in [0.25, 0.3) is 0 Å². The summed E-state index contributed by atoms with van der Waals surface area (Å²) in [5.41, 5.74) is 6.13. The number of rotatable bonds is 9. The summed E-state index contributed by atoms with van der Waals surface area (Å²) in [6.07, 6.45) is 3.17. The monoisotopic (exact) mass is 715 g/mol.